The molecule has 4 fully saturated rings. The number of unbranched alkanes of at least 4 members (excludes halogenated alkanes) is 12. The first-order chi connectivity index (χ1) is 22.7. The number of fused-ring (bicyclic) bond motifs is 7. The van der Waals surface area contributed by atoms with Crippen LogP contribution in [0.4, 0.5) is 0 Å². The molecule has 0 saturated heterocycles. The van der Waals surface area contributed by atoms with E-state index >= 15 is 0 Å². The number of esters is 1. The standard InChI is InChI=1S/C46H80O2/c1-10-11-12-13-14-15-16-17-18-19-20-21-22-23-40(47)48-39-28-30-44(7)37(42(39,4)5)27-31-46(9)38(44)25-24-36-41-35(3)34(2)26-29-43(41,6)32-33-45(36,46)8/h26,35-39,41H,10-25,27-33H2,1-9H3/t35-,36-,37+,38-,39+,41-,43-,44+,45-,46-/m1/s1. The van der Waals surface area contributed by atoms with Crippen LogP contribution in [-0.4, -0.2) is 12.1 Å². The molecule has 0 spiro atoms. The van der Waals surface area contributed by atoms with Gasteiger partial charge in [-0.3, -0.25) is 4.79 Å². The van der Waals surface area contributed by atoms with E-state index in [9.17, 15) is 4.79 Å². The van der Waals surface area contributed by atoms with Crippen LogP contribution in [0, 0.1) is 56.7 Å². The van der Waals surface area contributed by atoms with E-state index in [1.165, 1.54) is 128 Å². The summed E-state index contributed by atoms with van der Waals surface area (Å²) in [5.41, 5.74) is 3.38. The van der Waals surface area contributed by atoms with Crippen molar-refractivity contribution in [2.45, 2.75) is 216 Å². The Balaban J connectivity index is 1.11. The number of rotatable bonds is 15. The summed E-state index contributed by atoms with van der Waals surface area (Å²) in [5, 5.41) is 0. The Morgan fingerprint density at radius 2 is 1.31 bits per heavy atom. The lowest BCUT2D eigenvalue weighted by Gasteiger charge is -2.73. The lowest BCUT2D eigenvalue weighted by atomic mass is 9.31. The van der Waals surface area contributed by atoms with Crippen LogP contribution in [0.1, 0.15) is 210 Å². The van der Waals surface area contributed by atoms with Crippen LogP contribution in [0.15, 0.2) is 11.6 Å². The van der Waals surface area contributed by atoms with E-state index in [4.69, 9.17) is 4.74 Å². The number of hydrogen-bond donors (Lipinski definition) is 0. The van der Waals surface area contributed by atoms with E-state index in [0.717, 1.165) is 36.5 Å². The van der Waals surface area contributed by atoms with E-state index in [2.05, 4.69) is 68.4 Å². The molecule has 0 aromatic heterocycles. The SMILES string of the molecule is CCCCCCCCCCCCCCCC(=O)O[C@H]1CC[C@]2(C)[C@H]3CC[C@@H]4[C@H]5[C@H](C)C(C)=CC[C@]5(C)CC[C@@]4(C)[C@]3(C)CC[C@H]2C1(C)C. The first kappa shape index (κ1) is 38.4. The third-order valence-electron chi connectivity index (χ3n) is 17.2. The van der Waals surface area contributed by atoms with Crippen molar-refractivity contribution in [2.24, 2.45) is 56.7 Å². The lowest BCUT2D eigenvalue weighted by Crippen LogP contribution is -2.67. The van der Waals surface area contributed by atoms with Gasteiger partial charge in [-0.2, -0.15) is 0 Å². The topological polar surface area (TPSA) is 26.3 Å². The number of carbonyl (C=O) groups excluding carboxylic acids is 1. The van der Waals surface area contributed by atoms with Crippen LogP contribution >= 0.6 is 0 Å². The van der Waals surface area contributed by atoms with Gasteiger partial charge >= 0.3 is 5.97 Å². The molecule has 2 heteroatoms. The van der Waals surface area contributed by atoms with Crippen molar-refractivity contribution < 1.29 is 9.53 Å². The van der Waals surface area contributed by atoms with Crippen molar-refractivity contribution in [3.8, 4) is 0 Å². The molecule has 5 rings (SSSR count). The van der Waals surface area contributed by atoms with Crippen molar-refractivity contribution in [3.05, 3.63) is 11.6 Å². The van der Waals surface area contributed by atoms with Crippen LogP contribution in [0.25, 0.3) is 0 Å². The van der Waals surface area contributed by atoms with Gasteiger partial charge in [-0.1, -0.05) is 144 Å². The fourth-order valence-electron chi connectivity index (χ4n) is 14.0. The Morgan fingerprint density at radius 1 is 0.708 bits per heavy atom. The van der Waals surface area contributed by atoms with Gasteiger partial charge in [-0.25, -0.2) is 0 Å². The summed E-state index contributed by atoms with van der Waals surface area (Å²) in [5.74, 6) is 3.91. The van der Waals surface area contributed by atoms with Crippen molar-refractivity contribution in [3.63, 3.8) is 0 Å². The predicted octanol–water partition coefficient (Wildman–Crippen LogP) is 14.1. The Bertz CT molecular complexity index is 1100. The molecule has 0 unspecified atom stereocenters. The second-order valence-electron chi connectivity index (χ2n) is 20.1. The van der Waals surface area contributed by atoms with Crippen LogP contribution in [-0.2, 0) is 9.53 Å². The zero-order chi connectivity index (χ0) is 34.8. The fourth-order valence-corrected chi connectivity index (χ4v) is 14.0. The van der Waals surface area contributed by atoms with E-state index in [0.29, 0.717) is 34.0 Å². The van der Waals surface area contributed by atoms with Gasteiger partial charge in [0, 0.05) is 11.8 Å². The largest absolute Gasteiger partial charge is 0.462 e. The van der Waals surface area contributed by atoms with Gasteiger partial charge in [-0.15, -0.1) is 0 Å². The van der Waals surface area contributed by atoms with Gasteiger partial charge in [0.2, 0.25) is 0 Å². The highest BCUT2D eigenvalue weighted by molar-refractivity contribution is 5.69. The molecule has 0 aromatic carbocycles. The number of ether oxygens (including phenoxy) is 1. The molecule has 2 nitrogen and oxygen atoms in total. The highest BCUT2D eigenvalue weighted by atomic mass is 16.5. The number of allylic oxidation sites excluding steroid dienone is 2. The summed E-state index contributed by atoms with van der Waals surface area (Å²) < 4.78 is 6.42. The third-order valence-corrected chi connectivity index (χ3v) is 17.2. The van der Waals surface area contributed by atoms with Crippen molar-refractivity contribution in [1.29, 1.82) is 0 Å². The molecule has 48 heavy (non-hydrogen) atoms. The molecule has 0 N–H and O–H groups in total. The molecular weight excluding hydrogens is 585 g/mol. The minimum atomic E-state index is 0.0443. The summed E-state index contributed by atoms with van der Waals surface area (Å²) in [4.78, 5) is 13.2. The van der Waals surface area contributed by atoms with Crippen LogP contribution in [0.3, 0.4) is 0 Å². The highest BCUT2D eigenvalue weighted by Gasteiger charge is 2.69. The van der Waals surface area contributed by atoms with E-state index < -0.39 is 0 Å². The first-order valence-electron chi connectivity index (χ1n) is 21.6. The van der Waals surface area contributed by atoms with Gasteiger partial charge in [0.25, 0.3) is 0 Å². The van der Waals surface area contributed by atoms with E-state index in [-0.39, 0.29) is 17.5 Å². The molecule has 0 heterocycles. The summed E-state index contributed by atoms with van der Waals surface area (Å²) in [7, 11) is 0. The van der Waals surface area contributed by atoms with Crippen molar-refractivity contribution >= 4 is 5.97 Å². The number of carbonyl (C=O) groups is 1. The maximum absolute atomic E-state index is 13.2. The van der Waals surface area contributed by atoms with Gasteiger partial charge in [-0.05, 0) is 122 Å². The summed E-state index contributed by atoms with van der Waals surface area (Å²) in [6.45, 7) is 23.1. The summed E-state index contributed by atoms with van der Waals surface area (Å²) >= 11 is 0. The Labute approximate surface area is 299 Å². The normalized spacial score (nSPS) is 41.7. The highest BCUT2D eigenvalue weighted by Crippen LogP contribution is 2.76. The van der Waals surface area contributed by atoms with E-state index in [1.807, 2.05) is 0 Å². The van der Waals surface area contributed by atoms with Crippen LogP contribution in [0.5, 0.6) is 0 Å². The van der Waals surface area contributed by atoms with Gasteiger partial charge < -0.3 is 4.74 Å². The maximum atomic E-state index is 13.2. The smallest absolute Gasteiger partial charge is 0.306 e. The zero-order valence-electron chi connectivity index (χ0n) is 33.6. The average molecular weight is 665 g/mol. The van der Waals surface area contributed by atoms with Gasteiger partial charge in [0.05, 0.1) is 0 Å². The van der Waals surface area contributed by atoms with Crippen molar-refractivity contribution in [1.82, 2.24) is 0 Å². The molecule has 0 bridgehead atoms. The Kier molecular flexibility index (Phi) is 12.4. The Morgan fingerprint density at radius 3 is 1.94 bits per heavy atom. The quantitative estimate of drug-likeness (QED) is 0.0989. The average Bonchev–Trinajstić information content (AvgIpc) is 3.03. The molecule has 0 aromatic rings. The molecule has 5 aliphatic rings. The zero-order valence-corrected chi connectivity index (χ0v) is 33.6. The minimum Gasteiger partial charge on any atom is -0.462 e. The van der Waals surface area contributed by atoms with Crippen LogP contribution in [0.2, 0.25) is 0 Å². The van der Waals surface area contributed by atoms with Gasteiger partial charge in [0.1, 0.15) is 6.10 Å². The monoisotopic (exact) mass is 665 g/mol. The lowest BCUT2D eigenvalue weighted by molar-refractivity contribution is -0.252. The first-order valence-corrected chi connectivity index (χ1v) is 21.6. The van der Waals surface area contributed by atoms with Crippen LogP contribution < -0.4 is 0 Å². The molecule has 10 atom stereocenters. The minimum absolute atomic E-state index is 0.0443. The molecular formula is C46H80O2. The Hall–Kier alpha value is -0.790. The molecule has 4 saturated carbocycles. The van der Waals surface area contributed by atoms with E-state index in [1.54, 1.807) is 5.57 Å². The maximum Gasteiger partial charge on any atom is 0.306 e. The third kappa shape index (κ3) is 7.14. The summed E-state index contributed by atoms with van der Waals surface area (Å²) in [6, 6.07) is 0. The molecule has 0 radical (unpaired) electrons. The molecule has 276 valence electrons. The predicted molar refractivity (Wildman–Crippen MR) is 205 cm³/mol. The van der Waals surface area contributed by atoms with Crippen molar-refractivity contribution in [2.75, 3.05) is 0 Å². The second-order valence-corrected chi connectivity index (χ2v) is 20.1. The van der Waals surface area contributed by atoms with Gasteiger partial charge in [0.15, 0.2) is 0 Å². The fraction of sp³-hybridized carbons (Fsp3) is 0.935. The summed E-state index contributed by atoms with van der Waals surface area (Å²) in [6.07, 6.45) is 32.6. The number of hydrogen-bond acceptors (Lipinski definition) is 2. The molecule has 5 aliphatic carbocycles. The molecule has 0 aliphatic heterocycles. The second kappa shape index (κ2) is 15.4. The molecule has 0 amide bonds.